The molecule has 0 unspecified atom stereocenters. The first kappa shape index (κ1) is 14.8. The van der Waals surface area contributed by atoms with E-state index in [9.17, 15) is 13.5 Å². The van der Waals surface area contributed by atoms with E-state index in [4.69, 9.17) is 0 Å². The minimum absolute atomic E-state index is 0.0147. The Morgan fingerprint density at radius 3 is 2.45 bits per heavy atom. The second-order valence-corrected chi connectivity index (χ2v) is 7.42. The Bertz CT molecular complexity index is 926. The number of rotatable bonds is 4. The van der Waals surface area contributed by atoms with Crippen molar-refractivity contribution in [2.24, 2.45) is 0 Å². The van der Waals surface area contributed by atoms with Gasteiger partial charge < -0.3 is 10.1 Å². The molecule has 0 atom stereocenters. The van der Waals surface area contributed by atoms with E-state index in [0.717, 1.165) is 27.6 Å². The summed E-state index contributed by atoms with van der Waals surface area (Å²) in [5, 5.41) is 10.5. The number of nitrogens with one attached hydrogen (secondary N) is 1. The molecule has 5 heteroatoms. The van der Waals surface area contributed by atoms with E-state index >= 15 is 0 Å². The van der Waals surface area contributed by atoms with E-state index < -0.39 is 9.84 Å². The van der Waals surface area contributed by atoms with Crippen LogP contribution < -0.4 is 0 Å². The summed E-state index contributed by atoms with van der Waals surface area (Å²) in [7, 11) is -3.24. The molecule has 0 spiro atoms. The fraction of sp³-hybridized carbons (Fsp3) is 0.176. The summed E-state index contributed by atoms with van der Waals surface area (Å²) in [6.45, 7) is 0.0147. The molecule has 2 N–H and O–H groups in total. The molecule has 0 amide bonds. The van der Waals surface area contributed by atoms with Crippen LogP contribution in [0, 0.1) is 0 Å². The van der Waals surface area contributed by atoms with Crippen molar-refractivity contribution in [2.75, 3.05) is 6.26 Å². The van der Waals surface area contributed by atoms with Crippen LogP contribution in [0.15, 0.2) is 53.6 Å². The number of aromatic nitrogens is 1. The van der Waals surface area contributed by atoms with Crippen LogP contribution in [0.1, 0.15) is 16.7 Å². The number of sulfone groups is 1. The minimum atomic E-state index is -3.24. The first-order chi connectivity index (χ1) is 10.5. The molecule has 114 valence electrons. The Morgan fingerprint density at radius 1 is 1.05 bits per heavy atom. The number of fused-ring (bicyclic) bond motifs is 1. The van der Waals surface area contributed by atoms with Crippen LogP contribution >= 0.6 is 0 Å². The Labute approximate surface area is 129 Å². The molecule has 0 fully saturated rings. The van der Waals surface area contributed by atoms with Gasteiger partial charge in [0.1, 0.15) is 5.03 Å². The summed E-state index contributed by atoms with van der Waals surface area (Å²) in [5.74, 6) is 0. The Balaban J connectivity index is 1.98. The van der Waals surface area contributed by atoms with Gasteiger partial charge in [0, 0.05) is 17.2 Å². The maximum absolute atomic E-state index is 11.6. The standard InChI is InChI=1S/C17H17NO3S/c1-22(20,21)17-10-15-9-12(6-7-16(15)18-17)8-13-4-2-3-5-14(13)11-19/h2-7,9-10,18-19H,8,11H2,1H3. The third kappa shape index (κ3) is 2.91. The van der Waals surface area contributed by atoms with Gasteiger partial charge >= 0.3 is 0 Å². The molecule has 0 radical (unpaired) electrons. The predicted molar refractivity (Wildman–Crippen MR) is 86.6 cm³/mol. The van der Waals surface area contributed by atoms with Crippen LogP contribution in [-0.2, 0) is 22.9 Å². The summed E-state index contributed by atoms with van der Waals surface area (Å²) in [6, 6.07) is 15.3. The summed E-state index contributed by atoms with van der Waals surface area (Å²) >= 11 is 0. The second kappa shape index (κ2) is 5.59. The van der Waals surface area contributed by atoms with Gasteiger partial charge in [-0.2, -0.15) is 0 Å². The summed E-state index contributed by atoms with van der Waals surface area (Å²) in [4.78, 5) is 2.92. The van der Waals surface area contributed by atoms with Crippen molar-refractivity contribution < 1.29 is 13.5 Å². The number of aromatic amines is 1. The third-order valence-electron chi connectivity index (χ3n) is 3.74. The average molecular weight is 315 g/mol. The van der Waals surface area contributed by atoms with E-state index in [1.165, 1.54) is 6.26 Å². The van der Waals surface area contributed by atoms with Crippen molar-refractivity contribution in [1.82, 2.24) is 4.98 Å². The lowest BCUT2D eigenvalue weighted by molar-refractivity contribution is 0.281. The highest BCUT2D eigenvalue weighted by Crippen LogP contribution is 2.22. The molecule has 4 nitrogen and oxygen atoms in total. The molecular weight excluding hydrogens is 298 g/mol. The Hall–Kier alpha value is -2.11. The SMILES string of the molecule is CS(=O)(=O)c1cc2cc(Cc3ccccc3CO)ccc2[nH]1. The third-order valence-corrected chi connectivity index (χ3v) is 4.76. The van der Waals surface area contributed by atoms with Gasteiger partial charge in [-0.3, -0.25) is 0 Å². The fourth-order valence-corrected chi connectivity index (χ4v) is 3.21. The lowest BCUT2D eigenvalue weighted by Crippen LogP contribution is -1.96. The molecule has 22 heavy (non-hydrogen) atoms. The van der Waals surface area contributed by atoms with Gasteiger partial charge in [0.05, 0.1) is 6.61 Å². The van der Waals surface area contributed by atoms with Gasteiger partial charge in [-0.15, -0.1) is 0 Å². The molecular formula is C17H17NO3S. The molecule has 0 aliphatic carbocycles. The monoisotopic (exact) mass is 315 g/mol. The Kier molecular flexibility index (Phi) is 3.76. The molecule has 0 aliphatic rings. The quantitative estimate of drug-likeness (QED) is 0.777. The molecule has 3 aromatic rings. The molecule has 0 bridgehead atoms. The molecule has 1 aromatic heterocycles. The van der Waals surface area contributed by atoms with Crippen molar-refractivity contribution in [3.05, 3.63) is 65.2 Å². The lowest BCUT2D eigenvalue weighted by Gasteiger charge is -2.07. The highest BCUT2D eigenvalue weighted by Gasteiger charge is 2.11. The van der Waals surface area contributed by atoms with Gasteiger partial charge in [0.25, 0.3) is 0 Å². The first-order valence-corrected chi connectivity index (χ1v) is 8.86. The smallest absolute Gasteiger partial charge is 0.190 e. The van der Waals surface area contributed by atoms with E-state index in [2.05, 4.69) is 4.98 Å². The van der Waals surface area contributed by atoms with Gasteiger partial charge in [-0.1, -0.05) is 30.3 Å². The highest BCUT2D eigenvalue weighted by atomic mass is 32.2. The van der Waals surface area contributed by atoms with E-state index in [0.29, 0.717) is 6.42 Å². The van der Waals surface area contributed by atoms with Gasteiger partial charge in [0.15, 0.2) is 9.84 Å². The van der Waals surface area contributed by atoms with E-state index in [-0.39, 0.29) is 11.6 Å². The maximum atomic E-state index is 11.6. The molecule has 2 aromatic carbocycles. The second-order valence-electron chi connectivity index (χ2n) is 5.43. The van der Waals surface area contributed by atoms with Gasteiger partial charge in [0.2, 0.25) is 0 Å². The number of hydrogen-bond donors (Lipinski definition) is 2. The number of H-pyrrole nitrogens is 1. The van der Waals surface area contributed by atoms with Crippen molar-refractivity contribution >= 4 is 20.7 Å². The van der Waals surface area contributed by atoms with Crippen LogP contribution in [-0.4, -0.2) is 24.8 Å². The molecule has 0 saturated heterocycles. The summed E-state index contributed by atoms with van der Waals surface area (Å²) < 4.78 is 23.2. The molecule has 3 rings (SSSR count). The van der Waals surface area contributed by atoms with Crippen LogP contribution in [0.3, 0.4) is 0 Å². The number of aliphatic hydroxyl groups excluding tert-OH is 1. The topological polar surface area (TPSA) is 70.2 Å². The van der Waals surface area contributed by atoms with Crippen LogP contribution in [0.25, 0.3) is 10.9 Å². The largest absolute Gasteiger partial charge is 0.392 e. The van der Waals surface area contributed by atoms with Crippen molar-refractivity contribution in [1.29, 1.82) is 0 Å². The van der Waals surface area contributed by atoms with Crippen molar-refractivity contribution in [2.45, 2.75) is 18.1 Å². The van der Waals surface area contributed by atoms with Crippen LogP contribution in [0.4, 0.5) is 0 Å². The fourth-order valence-electron chi connectivity index (χ4n) is 2.57. The van der Waals surface area contributed by atoms with Gasteiger partial charge in [-0.05, 0) is 41.3 Å². The Morgan fingerprint density at radius 2 is 1.77 bits per heavy atom. The van der Waals surface area contributed by atoms with E-state index in [1.807, 2.05) is 42.5 Å². The first-order valence-electron chi connectivity index (χ1n) is 6.97. The normalized spacial score (nSPS) is 11.9. The molecule has 1 heterocycles. The lowest BCUT2D eigenvalue weighted by atomic mass is 9.99. The van der Waals surface area contributed by atoms with Crippen LogP contribution in [0.5, 0.6) is 0 Å². The number of benzene rings is 2. The molecule has 0 aliphatic heterocycles. The summed E-state index contributed by atoms with van der Waals surface area (Å²) in [5.41, 5.74) is 3.86. The van der Waals surface area contributed by atoms with Crippen molar-refractivity contribution in [3.8, 4) is 0 Å². The van der Waals surface area contributed by atoms with E-state index in [1.54, 1.807) is 6.07 Å². The zero-order chi connectivity index (χ0) is 15.7. The zero-order valence-corrected chi connectivity index (χ0v) is 13.0. The molecule has 0 saturated carbocycles. The van der Waals surface area contributed by atoms with Crippen LogP contribution in [0.2, 0.25) is 0 Å². The predicted octanol–water partition coefficient (Wildman–Crippen LogP) is 2.65. The number of aliphatic hydroxyl groups is 1. The highest BCUT2D eigenvalue weighted by molar-refractivity contribution is 7.90. The number of hydrogen-bond acceptors (Lipinski definition) is 3. The zero-order valence-electron chi connectivity index (χ0n) is 12.2. The van der Waals surface area contributed by atoms with Crippen molar-refractivity contribution in [3.63, 3.8) is 0 Å². The van der Waals surface area contributed by atoms with Gasteiger partial charge in [-0.25, -0.2) is 8.42 Å². The minimum Gasteiger partial charge on any atom is -0.392 e. The maximum Gasteiger partial charge on any atom is 0.190 e. The summed E-state index contributed by atoms with van der Waals surface area (Å²) in [6.07, 6.45) is 1.89. The average Bonchev–Trinajstić information content (AvgIpc) is 2.91.